The zero-order valence-corrected chi connectivity index (χ0v) is 16.3. The van der Waals surface area contributed by atoms with Gasteiger partial charge in [0.1, 0.15) is 11.9 Å². The van der Waals surface area contributed by atoms with Crippen molar-refractivity contribution in [2.24, 2.45) is 0 Å². The maximum absolute atomic E-state index is 13.2. The SMILES string of the molecule is Cc1c(OCCCN2CCC(F)CC2)cccc1-c1cccc2c1CCC2. The minimum absolute atomic E-state index is 0.595. The molecule has 4 rings (SSSR count). The third kappa shape index (κ3) is 4.19. The standard InChI is InChI=1S/C24H30FNO/c1-18-21(23-10-3-7-19-6-2-9-22(19)23)8-4-11-24(18)27-17-5-14-26-15-12-20(25)13-16-26/h3-4,7-8,10-11,20H,2,5-6,9,12-17H2,1H3. The number of halogens is 1. The molecule has 144 valence electrons. The van der Waals surface area contributed by atoms with Crippen molar-refractivity contribution in [2.45, 2.75) is 51.6 Å². The van der Waals surface area contributed by atoms with E-state index in [0.29, 0.717) is 19.4 Å². The van der Waals surface area contributed by atoms with Gasteiger partial charge >= 0.3 is 0 Å². The lowest BCUT2D eigenvalue weighted by molar-refractivity contribution is 0.143. The lowest BCUT2D eigenvalue weighted by Crippen LogP contribution is -2.35. The number of rotatable bonds is 6. The van der Waals surface area contributed by atoms with E-state index in [1.165, 1.54) is 47.1 Å². The summed E-state index contributed by atoms with van der Waals surface area (Å²) < 4.78 is 19.4. The van der Waals surface area contributed by atoms with Crippen molar-refractivity contribution in [3.63, 3.8) is 0 Å². The lowest BCUT2D eigenvalue weighted by atomic mass is 9.93. The molecule has 1 fully saturated rings. The molecule has 0 amide bonds. The van der Waals surface area contributed by atoms with Gasteiger partial charge in [0.05, 0.1) is 6.61 Å². The minimum atomic E-state index is -0.595. The Labute approximate surface area is 162 Å². The second-order valence-corrected chi connectivity index (χ2v) is 7.94. The second-order valence-electron chi connectivity index (χ2n) is 7.94. The Morgan fingerprint density at radius 2 is 1.81 bits per heavy atom. The van der Waals surface area contributed by atoms with Crippen LogP contribution in [-0.4, -0.2) is 37.3 Å². The minimum Gasteiger partial charge on any atom is -0.493 e. The van der Waals surface area contributed by atoms with Gasteiger partial charge in [-0.15, -0.1) is 0 Å². The fourth-order valence-corrected chi connectivity index (χ4v) is 4.53. The van der Waals surface area contributed by atoms with E-state index >= 15 is 0 Å². The number of hydrogen-bond donors (Lipinski definition) is 0. The van der Waals surface area contributed by atoms with Crippen LogP contribution in [-0.2, 0) is 12.8 Å². The number of benzene rings is 2. The van der Waals surface area contributed by atoms with E-state index in [1.54, 1.807) is 0 Å². The van der Waals surface area contributed by atoms with Gasteiger partial charge in [-0.1, -0.05) is 30.3 Å². The number of aryl methyl sites for hydroxylation is 1. The van der Waals surface area contributed by atoms with Crippen LogP contribution in [0, 0.1) is 6.92 Å². The molecule has 1 aliphatic heterocycles. The number of alkyl halides is 1. The van der Waals surface area contributed by atoms with Crippen LogP contribution in [0.25, 0.3) is 11.1 Å². The van der Waals surface area contributed by atoms with Crippen LogP contribution < -0.4 is 4.74 Å². The highest BCUT2D eigenvalue weighted by Gasteiger charge is 2.19. The van der Waals surface area contributed by atoms with Crippen LogP contribution in [0.15, 0.2) is 36.4 Å². The van der Waals surface area contributed by atoms with Gasteiger partial charge in [-0.05, 0) is 79.3 Å². The summed E-state index contributed by atoms with van der Waals surface area (Å²) in [5.41, 5.74) is 6.94. The van der Waals surface area contributed by atoms with Crippen molar-refractivity contribution in [3.8, 4) is 16.9 Å². The summed E-state index contributed by atoms with van der Waals surface area (Å²) in [5.74, 6) is 0.991. The van der Waals surface area contributed by atoms with Crippen molar-refractivity contribution in [3.05, 3.63) is 53.1 Å². The fourth-order valence-electron chi connectivity index (χ4n) is 4.53. The molecule has 0 atom stereocenters. The van der Waals surface area contributed by atoms with E-state index in [0.717, 1.165) is 31.8 Å². The highest BCUT2D eigenvalue weighted by molar-refractivity contribution is 5.74. The van der Waals surface area contributed by atoms with Crippen LogP contribution in [0.2, 0.25) is 0 Å². The first-order valence-corrected chi connectivity index (χ1v) is 10.4. The summed E-state index contributed by atoms with van der Waals surface area (Å²) in [7, 11) is 0. The molecule has 1 aliphatic carbocycles. The van der Waals surface area contributed by atoms with E-state index < -0.39 is 6.17 Å². The maximum atomic E-state index is 13.2. The van der Waals surface area contributed by atoms with E-state index in [9.17, 15) is 4.39 Å². The van der Waals surface area contributed by atoms with Crippen LogP contribution >= 0.6 is 0 Å². The molecule has 0 bridgehead atoms. The maximum Gasteiger partial charge on any atom is 0.122 e. The van der Waals surface area contributed by atoms with Gasteiger partial charge in [-0.3, -0.25) is 0 Å². The van der Waals surface area contributed by atoms with Gasteiger partial charge in [-0.2, -0.15) is 0 Å². The molecule has 0 spiro atoms. The predicted molar refractivity (Wildman–Crippen MR) is 109 cm³/mol. The van der Waals surface area contributed by atoms with Gasteiger partial charge in [0.2, 0.25) is 0 Å². The van der Waals surface area contributed by atoms with Crippen LogP contribution in [0.1, 0.15) is 42.4 Å². The summed E-state index contributed by atoms with van der Waals surface area (Å²) in [6.07, 6.45) is 5.42. The van der Waals surface area contributed by atoms with Gasteiger partial charge in [0, 0.05) is 19.6 Å². The molecule has 0 radical (unpaired) electrons. The molecule has 2 nitrogen and oxygen atoms in total. The van der Waals surface area contributed by atoms with Crippen molar-refractivity contribution in [2.75, 3.05) is 26.2 Å². The number of ether oxygens (including phenoxy) is 1. The molecule has 0 aromatic heterocycles. The Hall–Kier alpha value is -1.87. The van der Waals surface area contributed by atoms with Crippen LogP contribution in [0.5, 0.6) is 5.75 Å². The molecule has 2 aromatic carbocycles. The molecule has 0 saturated carbocycles. The average Bonchev–Trinajstić information content (AvgIpc) is 3.17. The van der Waals surface area contributed by atoms with E-state index in [4.69, 9.17) is 4.74 Å². The molecule has 1 heterocycles. The van der Waals surface area contributed by atoms with Crippen molar-refractivity contribution in [1.29, 1.82) is 0 Å². The Balaban J connectivity index is 1.39. The summed E-state index contributed by atoms with van der Waals surface area (Å²) in [4.78, 5) is 2.36. The zero-order valence-electron chi connectivity index (χ0n) is 16.3. The third-order valence-corrected chi connectivity index (χ3v) is 6.11. The molecule has 3 heteroatoms. The average molecular weight is 368 g/mol. The molecule has 27 heavy (non-hydrogen) atoms. The highest BCUT2D eigenvalue weighted by Crippen LogP contribution is 2.36. The second kappa shape index (κ2) is 8.43. The summed E-state index contributed by atoms with van der Waals surface area (Å²) in [6, 6.07) is 13.1. The van der Waals surface area contributed by atoms with E-state index in [1.807, 2.05) is 0 Å². The smallest absolute Gasteiger partial charge is 0.122 e. The van der Waals surface area contributed by atoms with Crippen LogP contribution in [0.4, 0.5) is 4.39 Å². The topological polar surface area (TPSA) is 12.5 Å². The monoisotopic (exact) mass is 367 g/mol. The summed E-state index contributed by atoms with van der Waals surface area (Å²) in [6.45, 7) is 5.65. The van der Waals surface area contributed by atoms with E-state index in [-0.39, 0.29) is 0 Å². The summed E-state index contributed by atoms with van der Waals surface area (Å²) in [5, 5.41) is 0. The first kappa shape index (κ1) is 18.5. The first-order chi connectivity index (χ1) is 13.2. The highest BCUT2D eigenvalue weighted by atomic mass is 19.1. The van der Waals surface area contributed by atoms with Gasteiger partial charge < -0.3 is 9.64 Å². The Kier molecular flexibility index (Phi) is 5.77. The molecule has 2 aliphatic rings. The Morgan fingerprint density at radius 1 is 1.04 bits per heavy atom. The molecular weight excluding hydrogens is 337 g/mol. The number of likely N-dealkylation sites (tertiary alicyclic amines) is 1. The number of fused-ring (bicyclic) bond motifs is 1. The predicted octanol–water partition coefficient (Wildman–Crippen LogP) is 5.35. The molecule has 1 saturated heterocycles. The van der Waals surface area contributed by atoms with Crippen molar-refractivity contribution < 1.29 is 9.13 Å². The first-order valence-electron chi connectivity index (χ1n) is 10.4. The number of nitrogens with zero attached hydrogens (tertiary/aromatic N) is 1. The Morgan fingerprint density at radius 3 is 2.67 bits per heavy atom. The fraction of sp³-hybridized carbons (Fsp3) is 0.500. The van der Waals surface area contributed by atoms with Crippen LogP contribution in [0.3, 0.4) is 0 Å². The van der Waals surface area contributed by atoms with E-state index in [2.05, 4.69) is 48.2 Å². The largest absolute Gasteiger partial charge is 0.493 e. The Bertz CT molecular complexity index is 780. The van der Waals surface area contributed by atoms with Crippen molar-refractivity contribution in [1.82, 2.24) is 4.90 Å². The van der Waals surface area contributed by atoms with Gasteiger partial charge in [-0.25, -0.2) is 4.39 Å². The zero-order chi connectivity index (χ0) is 18.6. The lowest BCUT2D eigenvalue weighted by Gasteiger charge is -2.28. The molecule has 0 N–H and O–H groups in total. The normalized spacial score (nSPS) is 17.9. The van der Waals surface area contributed by atoms with Crippen molar-refractivity contribution >= 4 is 0 Å². The van der Waals surface area contributed by atoms with Gasteiger partial charge in [0.25, 0.3) is 0 Å². The molecule has 0 unspecified atom stereocenters. The third-order valence-electron chi connectivity index (χ3n) is 6.11. The molecular formula is C24H30FNO. The number of piperidine rings is 1. The number of hydrogen-bond acceptors (Lipinski definition) is 2. The quantitative estimate of drug-likeness (QED) is 0.638. The van der Waals surface area contributed by atoms with Gasteiger partial charge in [0.15, 0.2) is 0 Å². The molecule has 2 aromatic rings. The summed E-state index contributed by atoms with van der Waals surface area (Å²) >= 11 is 0.